The van der Waals surface area contributed by atoms with Crippen LogP contribution in [0.5, 0.6) is 0 Å². The summed E-state index contributed by atoms with van der Waals surface area (Å²) in [4.78, 5) is 26.3. The standard InChI is InChI=1S/C23H21N3O3/c27-22-11-12-25(23(28)29-17-19-9-5-2-6-10-19)16-21(22)20-13-24-26(15-20)14-18-7-3-1-4-8-18/h1-10,13,15-16H,11-12,14,17H2. The van der Waals surface area contributed by atoms with Gasteiger partial charge in [0.15, 0.2) is 5.78 Å². The van der Waals surface area contributed by atoms with E-state index in [2.05, 4.69) is 5.10 Å². The van der Waals surface area contributed by atoms with Gasteiger partial charge in [-0.25, -0.2) is 4.79 Å². The Bertz CT molecular complexity index is 1030. The Hall–Kier alpha value is -3.67. The summed E-state index contributed by atoms with van der Waals surface area (Å²) in [5.74, 6) is -0.00336. The Labute approximate surface area is 169 Å². The van der Waals surface area contributed by atoms with E-state index in [1.165, 1.54) is 4.90 Å². The Morgan fingerprint density at radius 2 is 1.69 bits per heavy atom. The number of ketones is 1. The molecule has 6 nitrogen and oxygen atoms in total. The summed E-state index contributed by atoms with van der Waals surface area (Å²) in [7, 11) is 0. The fraction of sp³-hybridized carbons (Fsp3) is 0.174. The van der Waals surface area contributed by atoms with Gasteiger partial charge in [-0.2, -0.15) is 5.10 Å². The van der Waals surface area contributed by atoms with E-state index in [0.29, 0.717) is 24.2 Å². The van der Waals surface area contributed by atoms with E-state index >= 15 is 0 Å². The number of amides is 1. The second-order valence-electron chi connectivity index (χ2n) is 6.86. The van der Waals surface area contributed by atoms with Crippen LogP contribution in [0.15, 0.2) is 79.3 Å². The van der Waals surface area contributed by atoms with Crippen molar-refractivity contribution in [2.45, 2.75) is 19.6 Å². The van der Waals surface area contributed by atoms with E-state index < -0.39 is 6.09 Å². The van der Waals surface area contributed by atoms with Crippen molar-refractivity contribution in [3.63, 3.8) is 0 Å². The molecule has 0 aliphatic carbocycles. The molecule has 3 aromatic rings. The van der Waals surface area contributed by atoms with Crippen LogP contribution in [-0.4, -0.2) is 33.1 Å². The van der Waals surface area contributed by atoms with Crippen LogP contribution in [-0.2, 0) is 22.7 Å². The zero-order valence-electron chi connectivity index (χ0n) is 15.9. The van der Waals surface area contributed by atoms with Crippen molar-refractivity contribution in [2.24, 2.45) is 0 Å². The Kier molecular flexibility index (Phi) is 5.52. The molecule has 4 rings (SSSR count). The van der Waals surface area contributed by atoms with Crippen LogP contribution in [0.25, 0.3) is 5.57 Å². The van der Waals surface area contributed by atoms with Crippen molar-refractivity contribution in [3.05, 3.63) is 95.9 Å². The van der Waals surface area contributed by atoms with Gasteiger partial charge in [0.2, 0.25) is 0 Å². The predicted octanol–water partition coefficient (Wildman–Crippen LogP) is 3.88. The van der Waals surface area contributed by atoms with Crippen LogP contribution < -0.4 is 0 Å². The number of allylic oxidation sites excluding steroid dienone is 1. The fourth-order valence-electron chi connectivity index (χ4n) is 3.19. The summed E-state index contributed by atoms with van der Waals surface area (Å²) in [6.07, 6.45) is 4.86. The molecule has 2 aromatic carbocycles. The van der Waals surface area contributed by atoms with E-state index in [9.17, 15) is 9.59 Å². The second-order valence-corrected chi connectivity index (χ2v) is 6.86. The molecule has 0 bridgehead atoms. The number of benzene rings is 2. The minimum atomic E-state index is -0.462. The first kappa shape index (κ1) is 18.7. The SMILES string of the molecule is O=C1CCN(C(=O)OCc2ccccc2)C=C1c1cnn(Cc2ccccc2)c1. The summed E-state index contributed by atoms with van der Waals surface area (Å²) < 4.78 is 7.16. The van der Waals surface area contributed by atoms with Gasteiger partial charge in [-0.15, -0.1) is 0 Å². The van der Waals surface area contributed by atoms with Crippen LogP contribution in [0.2, 0.25) is 0 Å². The monoisotopic (exact) mass is 387 g/mol. The van der Waals surface area contributed by atoms with Gasteiger partial charge in [-0.1, -0.05) is 60.7 Å². The second kappa shape index (κ2) is 8.56. The molecule has 29 heavy (non-hydrogen) atoms. The molecule has 0 spiro atoms. The van der Waals surface area contributed by atoms with Gasteiger partial charge in [0.05, 0.1) is 12.7 Å². The van der Waals surface area contributed by atoms with Crippen molar-refractivity contribution >= 4 is 17.4 Å². The lowest BCUT2D eigenvalue weighted by atomic mass is 10.0. The number of rotatable bonds is 5. The number of ether oxygens (including phenoxy) is 1. The zero-order valence-corrected chi connectivity index (χ0v) is 15.9. The molecule has 1 aliphatic heterocycles. The molecule has 0 unspecified atom stereocenters. The quantitative estimate of drug-likeness (QED) is 0.666. The lowest BCUT2D eigenvalue weighted by molar-refractivity contribution is -0.114. The first-order valence-corrected chi connectivity index (χ1v) is 9.48. The molecule has 0 saturated heterocycles. The summed E-state index contributed by atoms with van der Waals surface area (Å²) in [5.41, 5.74) is 3.22. The molecule has 0 N–H and O–H groups in total. The fourth-order valence-corrected chi connectivity index (χ4v) is 3.19. The smallest absolute Gasteiger partial charge is 0.414 e. The molecule has 0 atom stereocenters. The third kappa shape index (κ3) is 4.60. The predicted molar refractivity (Wildman–Crippen MR) is 109 cm³/mol. The lowest BCUT2D eigenvalue weighted by Crippen LogP contribution is -2.33. The minimum Gasteiger partial charge on any atom is -0.444 e. The molecular weight excluding hydrogens is 366 g/mol. The molecule has 1 aliphatic rings. The molecule has 1 amide bonds. The van der Waals surface area contributed by atoms with E-state index in [4.69, 9.17) is 4.74 Å². The first-order chi connectivity index (χ1) is 14.2. The van der Waals surface area contributed by atoms with Gasteiger partial charge in [0.1, 0.15) is 6.61 Å². The minimum absolute atomic E-state index is 0.00336. The molecule has 2 heterocycles. The van der Waals surface area contributed by atoms with Crippen molar-refractivity contribution in [1.29, 1.82) is 0 Å². The van der Waals surface area contributed by atoms with Crippen LogP contribution in [0.1, 0.15) is 23.1 Å². The number of hydrogen-bond donors (Lipinski definition) is 0. The molecule has 0 radical (unpaired) electrons. The van der Waals surface area contributed by atoms with Gasteiger partial charge >= 0.3 is 6.09 Å². The zero-order chi connectivity index (χ0) is 20.1. The van der Waals surface area contributed by atoms with E-state index in [-0.39, 0.29) is 18.8 Å². The van der Waals surface area contributed by atoms with Crippen molar-refractivity contribution in [3.8, 4) is 0 Å². The number of carbonyl (C=O) groups is 2. The maximum atomic E-state index is 12.4. The highest BCUT2D eigenvalue weighted by atomic mass is 16.6. The number of hydrogen-bond acceptors (Lipinski definition) is 4. The van der Waals surface area contributed by atoms with Gasteiger partial charge in [-0.05, 0) is 11.1 Å². The number of Topliss-reactive ketones (excluding diaryl/α,β-unsaturated/α-hetero) is 1. The maximum absolute atomic E-state index is 12.4. The average molecular weight is 387 g/mol. The highest BCUT2D eigenvalue weighted by molar-refractivity contribution is 6.21. The van der Waals surface area contributed by atoms with Crippen molar-refractivity contribution in [1.82, 2.24) is 14.7 Å². The largest absolute Gasteiger partial charge is 0.444 e. The van der Waals surface area contributed by atoms with E-state index in [1.54, 1.807) is 17.1 Å². The molecule has 6 heteroatoms. The molecule has 0 saturated carbocycles. The number of aromatic nitrogens is 2. The van der Waals surface area contributed by atoms with Crippen molar-refractivity contribution in [2.75, 3.05) is 6.54 Å². The average Bonchev–Trinajstić information content (AvgIpc) is 3.22. The van der Waals surface area contributed by atoms with Gasteiger partial charge < -0.3 is 4.74 Å². The summed E-state index contributed by atoms with van der Waals surface area (Å²) in [6, 6.07) is 19.5. The molecular formula is C23H21N3O3. The highest BCUT2D eigenvalue weighted by Gasteiger charge is 2.25. The third-order valence-electron chi connectivity index (χ3n) is 4.74. The van der Waals surface area contributed by atoms with Crippen LogP contribution in [0.4, 0.5) is 4.79 Å². The molecule has 0 fully saturated rings. The maximum Gasteiger partial charge on any atom is 0.414 e. The van der Waals surface area contributed by atoms with Gasteiger partial charge in [0, 0.05) is 36.5 Å². The van der Waals surface area contributed by atoms with Gasteiger partial charge in [-0.3, -0.25) is 14.4 Å². The first-order valence-electron chi connectivity index (χ1n) is 9.48. The van der Waals surface area contributed by atoms with Crippen LogP contribution in [0.3, 0.4) is 0 Å². The van der Waals surface area contributed by atoms with Crippen molar-refractivity contribution < 1.29 is 14.3 Å². The van der Waals surface area contributed by atoms with E-state index in [0.717, 1.165) is 11.1 Å². The van der Waals surface area contributed by atoms with Crippen LogP contribution in [0, 0.1) is 0 Å². The molecule has 1 aromatic heterocycles. The van der Waals surface area contributed by atoms with E-state index in [1.807, 2.05) is 66.9 Å². The normalized spacial score (nSPS) is 13.9. The summed E-state index contributed by atoms with van der Waals surface area (Å²) >= 11 is 0. The highest BCUT2D eigenvalue weighted by Crippen LogP contribution is 2.23. The third-order valence-corrected chi connectivity index (χ3v) is 4.74. The van der Waals surface area contributed by atoms with Gasteiger partial charge in [0.25, 0.3) is 0 Å². The molecule has 146 valence electrons. The number of carbonyl (C=O) groups excluding carboxylic acids is 2. The summed E-state index contributed by atoms with van der Waals surface area (Å²) in [6.45, 7) is 1.13. The van der Waals surface area contributed by atoms with Crippen LogP contribution >= 0.6 is 0 Å². The Balaban J connectivity index is 1.45. The summed E-state index contributed by atoms with van der Waals surface area (Å²) in [5, 5.41) is 4.36. The topological polar surface area (TPSA) is 64.4 Å². The Morgan fingerprint density at radius 3 is 2.41 bits per heavy atom. The Morgan fingerprint density at radius 1 is 1.00 bits per heavy atom. The number of nitrogens with zero attached hydrogens (tertiary/aromatic N) is 3. The lowest BCUT2D eigenvalue weighted by Gasteiger charge is -2.23.